The van der Waals surface area contributed by atoms with Crippen molar-refractivity contribution in [2.75, 3.05) is 6.61 Å². The number of nitrogens with zero attached hydrogens (tertiary/aromatic N) is 1. The number of nitroso groups, excluding NO2 is 1. The molecule has 0 aromatic heterocycles. The van der Waals surface area contributed by atoms with Gasteiger partial charge >= 0.3 is 0 Å². The van der Waals surface area contributed by atoms with Gasteiger partial charge in [-0.1, -0.05) is 11.2 Å². The Kier molecular flexibility index (Phi) is 6.06. The lowest BCUT2D eigenvalue weighted by Crippen LogP contribution is -2.63. The molecule has 1 saturated carbocycles. The summed E-state index contributed by atoms with van der Waals surface area (Å²) in [6, 6.07) is 1.94. The third-order valence-corrected chi connectivity index (χ3v) is 6.48. The molecule has 166 valence electrons. The van der Waals surface area contributed by atoms with E-state index in [1.165, 1.54) is 19.1 Å². The third-order valence-electron chi connectivity index (χ3n) is 6.48. The lowest BCUT2D eigenvalue weighted by molar-refractivity contribution is -0.167. The van der Waals surface area contributed by atoms with Crippen molar-refractivity contribution in [3.05, 3.63) is 33.7 Å². The fourth-order valence-corrected chi connectivity index (χ4v) is 5.01. The second-order valence-corrected chi connectivity index (χ2v) is 8.26. The number of amides is 1. The number of Topliss-reactive ketones (excluding diaryl/α,β-unsaturated/α-hetero) is 3. The monoisotopic (exact) mass is 432 g/mol. The van der Waals surface area contributed by atoms with Gasteiger partial charge in [0.15, 0.2) is 23.0 Å². The van der Waals surface area contributed by atoms with E-state index in [1.54, 1.807) is 0 Å². The molecule has 2 aliphatic rings. The zero-order chi connectivity index (χ0) is 23.1. The normalized spacial score (nSPS) is 28.4. The van der Waals surface area contributed by atoms with Gasteiger partial charge in [-0.05, 0) is 49.3 Å². The number of hydrogen-bond donors (Lipinski definition) is 4. The number of primary amides is 1. The average molecular weight is 432 g/mol. The Hall–Kier alpha value is -2.98. The molecule has 5 atom stereocenters. The van der Waals surface area contributed by atoms with Gasteiger partial charge in [-0.25, -0.2) is 0 Å². The number of benzene rings is 1. The number of ketones is 3. The minimum Gasteiger partial charge on any atom is -0.507 e. The van der Waals surface area contributed by atoms with Crippen molar-refractivity contribution >= 4 is 23.3 Å². The summed E-state index contributed by atoms with van der Waals surface area (Å²) in [6.45, 7) is 1.11. The van der Waals surface area contributed by atoms with E-state index in [0.29, 0.717) is 11.1 Å². The van der Waals surface area contributed by atoms with Gasteiger partial charge in [-0.3, -0.25) is 19.2 Å². The lowest BCUT2D eigenvalue weighted by atomic mass is 9.57. The van der Waals surface area contributed by atoms with Crippen LogP contribution >= 0.6 is 0 Å². The largest absolute Gasteiger partial charge is 0.507 e. The Labute approximate surface area is 177 Å². The van der Waals surface area contributed by atoms with Crippen LogP contribution in [0.15, 0.2) is 17.3 Å². The molecule has 1 amide bonds. The Morgan fingerprint density at radius 1 is 1.32 bits per heavy atom. The zero-order valence-corrected chi connectivity index (χ0v) is 16.9. The van der Waals surface area contributed by atoms with E-state index in [0.717, 1.165) is 0 Å². The van der Waals surface area contributed by atoms with Crippen molar-refractivity contribution in [2.45, 2.75) is 44.2 Å². The van der Waals surface area contributed by atoms with Gasteiger partial charge < -0.3 is 21.1 Å². The number of hydrogen-bond acceptors (Lipinski definition) is 9. The highest BCUT2D eigenvalue weighted by atomic mass is 16.3. The van der Waals surface area contributed by atoms with Crippen LogP contribution in [0.5, 0.6) is 5.75 Å². The summed E-state index contributed by atoms with van der Waals surface area (Å²) in [6.07, 6.45) is -0.801. The summed E-state index contributed by atoms with van der Waals surface area (Å²) in [5, 5.41) is 33.8. The van der Waals surface area contributed by atoms with Crippen LogP contribution < -0.4 is 5.73 Å². The maximum absolute atomic E-state index is 13.3. The first-order chi connectivity index (χ1) is 14.6. The highest BCUT2D eigenvalue weighted by Crippen LogP contribution is 2.48. The Morgan fingerprint density at radius 3 is 2.58 bits per heavy atom. The van der Waals surface area contributed by atoms with Crippen molar-refractivity contribution in [1.29, 1.82) is 0 Å². The minimum atomic E-state index is -2.64. The van der Waals surface area contributed by atoms with Crippen LogP contribution in [0.3, 0.4) is 0 Å². The van der Waals surface area contributed by atoms with Crippen molar-refractivity contribution < 1.29 is 34.5 Å². The van der Waals surface area contributed by atoms with Crippen LogP contribution in [0.4, 0.5) is 0 Å². The molecular formula is C21H24N2O8. The molecule has 5 N–H and O–H groups in total. The lowest BCUT2D eigenvalue weighted by Gasteiger charge is -2.46. The number of phenols is 1. The van der Waals surface area contributed by atoms with Gasteiger partial charge in [0.2, 0.25) is 5.91 Å². The molecule has 10 nitrogen and oxygen atoms in total. The molecule has 0 bridgehead atoms. The highest BCUT2D eigenvalue weighted by molar-refractivity contribution is 6.24. The Morgan fingerprint density at radius 2 is 2.00 bits per heavy atom. The number of fused-ring (bicyclic) bond motifs is 2. The first-order valence-corrected chi connectivity index (χ1v) is 9.98. The van der Waals surface area contributed by atoms with Crippen molar-refractivity contribution in [3.8, 4) is 5.75 Å². The van der Waals surface area contributed by atoms with Crippen molar-refractivity contribution in [3.63, 3.8) is 0 Å². The van der Waals surface area contributed by atoms with Crippen LogP contribution in [-0.4, -0.2) is 50.8 Å². The number of aromatic hydroxyl groups is 1. The van der Waals surface area contributed by atoms with E-state index < -0.39 is 65.7 Å². The number of nitrogens with two attached hydrogens (primary N) is 1. The fraction of sp³-hybridized carbons (Fsp3) is 0.524. The summed E-state index contributed by atoms with van der Waals surface area (Å²) in [5.74, 6) is -7.40. The Balaban J connectivity index is 2.12. The van der Waals surface area contributed by atoms with E-state index in [4.69, 9.17) is 5.73 Å². The summed E-state index contributed by atoms with van der Waals surface area (Å²) >= 11 is 0. The molecule has 0 aliphatic heterocycles. The molecule has 31 heavy (non-hydrogen) atoms. The quantitative estimate of drug-likeness (QED) is 0.351. The van der Waals surface area contributed by atoms with Crippen LogP contribution in [0.25, 0.3) is 0 Å². The predicted octanol–water partition coefficient (Wildman–Crippen LogP) is 0.338. The SMILES string of the molecule is CC(N=O)c1ccc(O)c2c1C[C@H]1C[C@@H](CCO)[C@@](O)(C(=O)CC(N)=O)C(=O)C1C2=O. The maximum atomic E-state index is 13.3. The molecule has 0 spiro atoms. The molecule has 1 fully saturated rings. The summed E-state index contributed by atoms with van der Waals surface area (Å²) < 4.78 is 0. The number of phenolic OH excluding ortho intramolecular Hbond substituents is 1. The molecule has 2 unspecified atom stereocenters. The van der Waals surface area contributed by atoms with Gasteiger partial charge in [0.25, 0.3) is 0 Å². The number of aliphatic hydroxyl groups excluding tert-OH is 1. The van der Waals surface area contributed by atoms with E-state index in [1.807, 2.05) is 0 Å². The molecule has 2 aliphatic carbocycles. The molecule has 3 rings (SSSR count). The third kappa shape index (κ3) is 3.55. The van der Waals surface area contributed by atoms with Crippen LogP contribution in [0.2, 0.25) is 0 Å². The number of aliphatic hydroxyl groups is 2. The Bertz CT molecular complexity index is 974. The molecule has 1 aromatic rings. The van der Waals surface area contributed by atoms with Gasteiger partial charge in [0, 0.05) is 12.5 Å². The standard InChI is InChI=1S/C21H24N2O8/c1-9(23-31)12-2-3-14(25)18-13(12)7-10-6-11(4-5-24)21(30,15(26)8-16(22)27)20(29)17(10)19(18)28/h2-3,9-11,17,24-25,30H,4-8H2,1H3,(H2,22,27)/t9?,10-,11-,17?,21-/m1/s1. The molecule has 10 heteroatoms. The number of carbonyl (C=O) groups excluding carboxylic acids is 4. The summed E-state index contributed by atoms with van der Waals surface area (Å²) in [5.41, 5.74) is 3.14. The number of carbonyl (C=O) groups is 4. The summed E-state index contributed by atoms with van der Waals surface area (Å²) in [7, 11) is 0. The average Bonchev–Trinajstić information content (AvgIpc) is 2.70. The molecule has 0 radical (unpaired) electrons. The molecule has 0 heterocycles. The first kappa shape index (κ1) is 22.7. The van der Waals surface area contributed by atoms with E-state index in [2.05, 4.69) is 5.18 Å². The predicted molar refractivity (Wildman–Crippen MR) is 106 cm³/mol. The van der Waals surface area contributed by atoms with Crippen LogP contribution in [-0.2, 0) is 20.8 Å². The molecule has 0 saturated heterocycles. The smallest absolute Gasteiger partial charge is 0.225 e. The second kappa shape index (κ2) is 8.27. The second-order valence-electron chi connectivity index (χ2n) is 8.26. The topological polar surface area (TPSA) is 184 Å². The number of rotatable bonds is 7. The molecular weight excluding hydrogens is 408 g/mol. The van der Waals surface area contributed by atoms with E-state index in [-0.39, 0.29) is 30.6 Å². The van der Waals surface area contributed by atoms with Crippen LogP contribution in [0.1, 0.15) is 53.7 Å². The first-order valence-electron chi connectivity index (χ1n) is 9.98. The van der Waals surface area contributed by atoms with Gasteiger partial charge in [-0.15, -0.1) is 0 Å². The van der Waals surface area contributed by atoms with E-state index in [9.17, 15) is 39.4 Å². The van der Waals surface area contributed by atoms with Crippen molar-refractivity contribution in [2.24, 2.45) is 28.7 Å². The zero-order valence-electron chi connectivity index (χ0n) is 16.9. The fourth-order valence-electron chi connectivity index (χ4n) is 5.01. The van der Waals surface area contributed by atoms with Gasteiger partial charge in [0.1, 0.15) is 11.8 Å². The van der Waals surface area contributed by atoms with Gasteiger partial charge in [0.05, 0.1) is 17.9 Å². The summed E-state index contributed by atoms with van der Waals surface area (Å²) in [4.78, 5) is 61.6. The minimum absolute atomic E-state index is 0.0428. The van der Waals surface area contributed by atoms with Crippen LogP contribution in [0, 0.1) is 22.7 Å². The molecule has 1 aromatic carbocycles. The van der Waals surface area contributed by atoms with E-state index >= 15 is 0 Å². The highest BCUT2D eigenvalue weighted by Gasteiger charge is 2.60. The van der Waals surface area contributed by atoms with Crippen molar-refractivity contribution in [1.82, 2.24) is 0 Å². The maximum Gasteiger partial charge on any atom is 0.225 e. The van der Waals surface area contributed by atoms with Gasteiger partial charge in [-0.2, -0.15) is 4.91 Å².